The van der Waals surface area contributed by atoms with Gasteiger partial charge >= 0.3 is 0 Å². The van der Waals surface area contributed by atoms with Crippen molar-refractivity contribution in [1.29, 1.82) is 0 Å². The first-order valence-corrected chi connectivity index (χ1v) is 50.3. The zero-order valence-electron chi connectivity index (χ0n) is 75.4. The van der Waals surface area contributed by atoms with Crippen LogP contribution in [0, 0.1) is 47.3 Å². The van der Waals surface area contributed by atoms with Crippen LogP contribution in [0.25, 0.3) is 0 Å². The molecule has 4 saturated carbocycles. The van der Waals surface area contributed by atoms with Crippen molar-refractivity contribution in [1.82, 2.24) is 42.5 Å². The SMILES string of the molecule is CCCCCCCCOC1CC2C3NC(NC4NC(NC5NC(NC6NC(N3)C3CC(OCCCCCCCC)C(OCCCCCCCC)CC63)C3CC(OCCCCCCCC)C(OCCCCCCCC)CC53)C3CC(OCCCCCCCC)C(OCCCCCCCC)CC43)C2CC1OCCCCCCCC.O.O.[SiH4]. The Bertz CT molecular complexity index is 1850. The standard InChI is InChI=1S/C96H184N8O8.2H2O.H4Si/c1-9-17-25-33-41-49-57-105-81-65-73-74(66-82(81)106-58-50-42-34-26-18-10-2)90-97-89(73)101-91-75-67-83(107-59-51-43-35-27-19-11-3)84(108-60-52-44-36-28-20-12-4)68-76(75)93(98-91)103-95-79-71-87(111-63-55-47-39-31-23-15-7)88(112-64-56-48-40-32-24-16-8)72-80(79)96(100-95)104-94-78-70-86(110-62-54-46-38-30-22-14-6)85(69-77(78)92(99-94)102-90)109-61-53-45-37-29-21-13-5;;;/h73-104H,9-72H2,1-8H3;2*1H2;1H4. The minimum atomic E-state index is 0. The molecule has 9 fully saturated rings. The van der Waals surface area contributed by atoms with Crippen LogP contribution in [0.1, 0.15) is 415 Å². The second kappa shape index (κ2) is 62.6. The summed E-state index contributed by atoms with van der Waals surface area (Å²) >= 11 is 0. The third-order valence-electron chi connectivity index (χ3n) is 28.8. The lowest BCUT2D eigenvalue weighted by molar-refractivity contribution is -0.123. The van der Waals surface area contributed by atoms with Crippen LogP contribution in [0.15, 0.2) is 0 Å². The van der Waals surface area contributed by atoms with Crippen molar-refractivity contribution < 1.29 is 48.8 Å². The highest BCUT2D eigenvalue weighted by Gasteiger charge is 2.60. The minimum Gasteiger partial charge on any atom is -0.412 e. The predicted octanol–water partition coefficient (Wildman–Crippen LogP) is 18.3. The number of fused-ring (bicyclic) bond motifs is 20. The first kappa shape index (κ1) is 103. The molecule has 16 unspecified atom stereocenters. The molecule has 0 aromatic carbocycles. The first-order valence-electron chi connectivity index (χ1n) is 50.3. The average Bonchev–Trinajstić information content (AvgIpc) is 1.62. The van der Waals surface area contributed by atoms with Crippen molar-refractivity contribution in [3.8, 4) is 0 Å². The van der Waals surface area contributed by atoms with Crippen LogP contribution >= 0.6 is 0 Å². The maximum Gasteiger partial charge on any atom is 0.0840 e. The van der Waals surface area contributed by atoms with E-state index in [2.05, 4.69) is 97.9 Å². The van der Waals surface area contributed by atoms with Gasteiger partial charge in [0, 0.05) is 52.9 Å². The Balaban J connectivity index is 0.00000686. The van der Waals surface area contributed by atoms with E-state index in [1.807, 2.05) is 0 Å². The van der Waals surface area contributed by atoms with Gasteiger partial charge in [0.25, 0.3) is 0 Å². The molecule has 18 nitrogen and oxygen atoms in total. The van der Waals surface area contributed by atoms with Crippen molar-refractivity contribution in [2.45, 2.75) is 513 Å². The Labute approximate surface area is 711 Å². The molecule has 16 atom stereocenters. The van der Waals surface area contributed by atoms with Gasteiger partial charge in [-0.3, -0.25) is 42.5 Å². The first-order chi connectivity index (χ1) is 55.3. The smallest absolute Gasteiger partial charge is 0.0840 e. The van der Waals surface area contributed by atoms with E-state index in [-0.39, 0.29) is 120 Å². The fourth-order valence-corrected chi connectivity index (χ4v) is 22.1. The predicted molar refractivity (Wildman–Crippen MR) is 484 cm³/mol. The number of hydrogen-bond donors (Lipinski definition) is 8. The molecule has 680 valence electrons. The Hall–Kier alpha value is -0.503. The van der Waals surface area contributed by atoms with Gasteiger partial charge in [0.2, 0.25) is 0 Å². The summed E-state index contributed by atoms with van der Waals surface area (Å²) in [5.41, 5.74) is 0. The lowest BCUT2D eigenvalue weighted by Gasteiger charge is -2.43. The van der Waals surface area contributed by atoms with Gasteiger partial charge in [0.1, 0.15) is 0 Å². The summed E-state index contributed by atoms with van der Waals surface area (Å²) in [7, 11) is 0. The zero-order chi connectivity index (χ0) is 78.4. The van der Waals surface area contributed by atoms with E-state index in [1.165, 1.54) is 257 Å². The minimum absolute atomic E-state index is 0. The molecular formula is C96H192N8O10Si. The van der Waals surface area contributed by atoms with Crippen LogP contribution in [-0.2, 0) is 37.9 Å². The number of hydrogen-bond acceptors (Lipinski definition) is 16. The summed E-state index contributed by atoms with van der Waals surface area (Å²) in [5, 5.41) is 36.5. The summed E-state index contributed by atoms with van der Waals surface area (Å²) in [6.07, 6.45) is 69.4. The topological polar surface area (TPSA) is 233 Å². The Morgan fingerprint density at radius 1 is 0.157 bits per heavy atom. The van der Waals surface area contributed by atoms with E-state index >= 15 is 0 Å². The van der Waals surface area contributed by atoms with Gasteiger partial charge in [-0.2, -0.15) is 0 Å². The van der Waals surface area contributed by atoms with Gasteiger partial charge in [-0.05, 0) is 161 Å². The molecule has 9 aliphatic rings. The van der Waals surface area contributed by atoms with Crippen LogP contribution in [0.3, 0.4) is 0 Å². The van der Waals surface area contributed by atoms with Crippen LogP contribution in [0.4, 0.5) is 0 Å². The maximum absolute atomic E-state index is 7.30. The molecule has 0 aromatic rings. The molecular weight excluding hydrogens is 1450 g/mol. The largest absolute Gasteiger partial charge is 0.412 e. The average molecular weight is 1650 g/mol. The third-order valence-corrected chi connectivity index (χ3v) is 28.8. The number of nitrogens with one attached hydrogen (secondary N) is 8. The summed E-state index contributed by atoms with van der Waals surface area (Å²) in [6.45, 7) is 25.1. The van der Waals surface area contributed by atoms with Gasteiger partial charge in [0.15, 0.2) is 0 Å². The highest BCUT2D eigenvalue weighted by molar-refractivity contribution is 5.75. The fraction of sp³-hybridized carbons (Fsp3) is 1.00. The van der Waals surface area contributed by atoms with E-state index in [0.29, 0.717) is 47.3 Å². The van der Waals surface area contributed by atoms with Crippen molar-refractivity contribution in [3.63, 3.8) is 0 Å². The Kier molecular flexibility index (Phi) is 56.2. The lowest BCUT2D eigenvalue weighted by Crippen LogP contribution is -2.61. The van der Waals surface area contributed by atoms with Gasteiger partial charge in [-0.1, -0.05) is 312 Å². The van der Waals surface area contributed by atoms with Crippen LogP contribution in [0.5, 0.6) is 0 Å². The summed E-state index contributed by atoms with van der Waals surface area (Å²) in [4.78, 5) is 0. The second-order valence-electron chi connectivity index (χ2n) is 37.8. The lowest BCUT2D eigenvalue weighted by atomic mass is 9.73. The molecule has 12 N–H and O–H groups in total. The van der Waals surface area contributed by atoms with Crippen molar-refractivity contribution in [2.24, 2.45) is 47.3 Å². The number of unbranched alkanes of at least 4 members (excludes halogenated alkanes) is 40. The highest BCUT2D eigenvalue weighted by atomic mass is 28.1. The molecule has 5 aliphatic heterocycles. The van der Waals surface area contributed by atoms with Gasteiger partial charge < -0.3 is 48.8 Å². The molecule has 0 amide bonds. The summed E-state index contributed by atoms with van der Waals surface area (Å²) in [5.74, 6) is 2.64. The van der Waals surface area contributed by atoms with Crippen LogP contribution < -0.4 is 42.5 Å². The molecule has 0 aromatic heterocycles. The van der Waals surface area contributed by atoms with E-state index < -0.39 is 0 Å². The molecule has 0 spiro atoms. The summed E-state index contributed by atoms with van der Waals surface area (Å²) < 4.78 is 58.4. The van der Waals surface area contributed by atoms with Gasteiger partial charge in [0.05, 0.1) is 98.2 Å². The zero-order valence-corrected chi connectivity index (χ0v) is 75.4. The fourth-order valence-electron chi connectivity index (χ4n) is 22.1. The molecule has 5 heterocycles. The number of rotatable bonds is 64. The van der Waals surface area contributed by atoms with Crippen molar-refractivity contribution >= 4 is 11.0 Å². The van der Waals surface area contributed by atoms with Crippen LogP contribution in [0.2, 0.25) is 0 Å². The molecule has 115 heavy (non-hydrogen) atoms. The normalized spacial score (nSPS) is 32.8. The quantitative estimate of drug-likeness (QED) is 0.0209. The Morgan fingerprint density at radius 3 is 0.357 bits per heavy atom. The van der Waals surface area contributed by atoms with E-state index in [0.717, 1.165) is 156 Å². The molecule has 8 bridgehead atoms. The van der Waals surface area contributed by atoms with E-state index in [1.54, 1.807) is 0 Å². The molecule has 0 radical (unpaired) electrons. The second-order valence-corrected chi connectivity index (χ2v) is 37.8. The van der Waals surface area contributed by atoms with E-state index in [9.17, 15) is 0 Å². The summed E-state index contributed by atoms with van der Waals surface area (Å²) in [6, 6.07) is 0. The van der Waals surface area contributed by atoms with Crippen molar-refractivity contribution in [3.05, 3.63) is 0 Å². The monoisotopic (exact) mass is 1650 g/mol. The molecule has 19 heteroatoms. The third kappa shape index (κ3) is 35.5. The van der Waals surface area contributed by atoms with Gasteiger partial charge in [-0.15, -0.1) is 0 Å². The van der Waals surface area contributed by atoms with E-state index in [4.69, 9.17) is 37.9 Å². The highest BCUT2D eigenvalue weighted by Crippen LogP contribution is 2.49. The maximum atomic E-state index is 7.30. The molecule has 9 rings (SSSR count). The molecule has 4 aliphatic carbocycles. The van der Waals surface area contributed by atoms with Crippen molar-refractivity contribution in [2.75, 3.05) is 52.9 Å². The van der Waals surface area contributed by atoms with Gasteiger partial charge in [-0.25, -0.2) is 0 Å². The van der Waals surface area contributed by atoms with Crippen LogP contribution in [-0.4, -0.2) is 173 Å². The molecule has 5 saturated heterocycles. The Morgan fingerprint density at radius 2 is 0.252 bits per heavy atom. The number of ether oxygens (including phenoxy) is 8.